The van der Waals surface area contributed by atoms with Gasteiger partial charge in [-0.05, 0) is 104 Å². The van der Waals surface area contributed by atoms with E-state index in [9.17, 15) is 28.8 Å². The highest BCUT2D eigenvalue weighted by atomic mass is 16.6. The molecule has 2 aliphatic heterocycles. The van der Waals surface area contributed by atoms with Crippen molar-refractivity contribution in [2.24, 2.45) is 32.5 Å². The summed E-state index contributed by atoms with van der Waals surface area (Å²) in [6, 6.07) is -0.778. The van der Waals surface area contributed by atoms with E-state index in [1.54, 1.807) is 13.8 Å². The maximum atomic E-state index is 15.0. The highest BCUT2D eigenvalue weighted by Gasteiger charge is 2.47. The van der Waals surface area contributed by atoms with Crippen LogP contribution in [-0.4, -0.2) is 118 Å². The fraction of sp³-hybridized carbons (Fsp3) is 0.872. The zero-order valence-corrected chi connectivity index (χ0v) is 40.9. The van der Waals surface area contributed by atoms with Crippen molar-refractivity contribution in [1.29, 1.82) is 0 Å². The van der Waals surface area contributed by atoms with Gasteiger partial charge in [0, 0.05) is 77.0 Å². The van der Waals surface area contributed by atoms with Gasteiger partial charge in [-0.1, -0.05) is 62.3 Å². The van der Waals surface area contributed by atoms with Crippen LogP contribution in [0.4, 0.5) is 14.4 Å². The molecular formula is C47H80N8O9. The van der Waals surface area contributed by atoms with Crippen LogP contribution in [-0.2, 0) is 33.8 Å². The van der Waals surface area contributed by atoms with Crippen LogP contribution >= 0.6 is 0 Å². The molecule has 1 aromatic rings. The van der Waals surface area contributed by atoms with Crippen LogP contribution in [0.5, 0.6) is 0 Å². The molecule has 0 aromatic carbocycles. The molecule has 3 heterocycles. The average molecular weight is 901 g/mol. The van der Waals surface area contributed by atoms with Crippen LogP contribution in [0.15, 0.2) is 14.4 Å². The summed E-state index contributed by atoms with van der Waals surface area (Å²) in [6.07, 6.45) is 3.86. The van der Waals surface area contributed by atoms with E-state index < -0.39 is 51.6 Å². The minimum atomic E-state index is -0.665. The van der Waals surface area contributed by atoms with Crippen LogP contribution in [0.2, 0.25) is 0 Å². The Labute approximate surface area is 379 Å². The topological polar surface area (TPSA) is 187 Å². The number of rotatable bonds is 16. The molecule has 0 radical (unpaired) electrons. The third-order valence-electron chi connectivity index (χ3n) is 14.0. The van der Waals surface area contributed by atoms with Crippen molar-refractivity contribution in [3.8, 4) is 0 Å². The number of aromatic nitrogens is 3. The first-order valence-corrected chi connectivity index (χ1v) is 23.9. The predicted octanol–water partition coefficient (Wildman–Crippen LogP) is 5.14. The van der Waals surface area contributed by atoms with Crippen molar-refractivity contribution in [2.45, 2.75) is 178 Å². The van der Waals surface area contributed by atoms with Gasteiger partial charge in [-0.2, -0.15) is 0 Å². The summed E-state index contributed by atoms with van der Waals surface area (Å²) < 4.78 is 20.3. The Hall–Kier alpha value is -3.86. The Kier molecular flexibility index (Phi) is 14.6. The highest BCUT2D eigenvalue weighted by Crippen LogP contribution is 2.49. The third kappa shape index (κ3) is 13.8. The average Bonchev–Trinajstić information content (AvgIpc) is 4.05. The lowest BCUT2D eigenvalue weighted by molar-refractivity contribution is 0.0390. The van der Waals surface area contributed by atoms with E-state index in [-0.39, 0.29) is 60.1 Å². The molecule has 1 aromatic heterocycles. The van der Waals surface area contributed by atoms with E-state index in [0.717, 1.165) is 26.2 Å². The number of hydrogen-bond acceptors (Lipinski definition) is 11. The predicted molar refractivity (Wildman–Crippen MR) is 244 cm³/mol. The fourth-order valence-corrected chi connectivity index (χ4v) is 12.8. The fourth-order valence-electron chi connectivity index (χ4n) is 12.8. The van der Waals surface area contributed by atoms with Crippen LogP contribution in [0, 0.1) is 32.5 Å². The Balaban J connectivity index is 1.33. The second-order valence-corrected chi connectivity index (χ2v) is 24.2. The maximum absolute atomic E-state index is 15.0. The van der Waals surface area contributed by atoms with Gasteiger partial charge >= 0.3 is 35.3 Å². The van der Waals surface area contributed by atoms with E-state index in [1.165, 1.54) is 13.7 Å². The maximum Gasteiger partial charge on any atom is 0.407 e. The molecule has 64 heavy (non-hydrogen) atoms. The van der Waals surface area contributed by atoms with E-state index in [0.29, 0.717) is 84.1 Å². The monoisotopic (exact) mass is 901 g/mol. The largest absolute Gasteiger partial charge is 0.448 e. The summed E-state index contributed by atoms with van der Waals surface area (Å²) in [5.74, 6) is 0. The molecule has 3 N–H and O–H groups in total. The molecule has 3 saturated carbocycles. The van der Waals surface area contributed by atoms with Crippen molar-refractivity contribution < 1.29 is 28.6 Å². The van der Waals surface area contributed by atoms with Crippen LogP contribution in [0.3, 0.4) is 0 Å². The quantitative estimate of drug-likeness (QED) is 0.147. The normalized spacial score (nSPS) is 30.8. The summed E-state index contributed by atoms with van der Waals surface area (Å²) in [7, 11) is 0. The molecule has 17 heteroatoms. The van der Waals surface area contributed by atoms with Gasteiger partial charge < -0.3 is 30.2 Å². The zero-order valence-electron chi connectivity index (χ0n) is 40.9. The number of nitrogens with one attached hydrogen (secondary N) is 3. The second-order valence-electron chi connectivity index (χ2n) is 24.2. The first-order chi connectivity index (χ1) is 29.6. The number of nitrogens with zero attached hydrogens (tertiary/aromatic N) is 5. The Morgan fingerprint density at radius 2 is 0.812 bits per heavy atom. The van der Waals surface area contributed by atoms with Gasteiger partial charge in [-0.25, -0.2) is 42.5 Å². The number of alkyl carbamates (subject to hydrolysis) is 3. The smallest absolute Gasteiger partial charge is 0.407 e. The van der Waals surface area contributed by atoms with E-state index in [4.69, 9.17) is 14.2 Å². The number of carbonyl (C=O) groups is 3. The lowest BCUT2D eigenvalue weighted by atomic mass is 9.62. The molecule has 362 valence electrons. The minimum Gasteiger partial charge on any atom is -0.448 e. The first-order valence-electron chi connectivity index (χ1n) is 23.9. The van der Waals surface area contributed by atoms with E-state index in [2.05, 4.69) is 81.1 Å². The standard InChI is InChI=1S/C47H80N8O9/c1-32(2)64-38(58)50-35-22-44(7,8)28-47(11,25-35)31-55-40(60)53(29-45(9)23-33(20-42(3,4)26-45)48-36(56)62-18-16-51-12-13-51)39(59)54(41(55)61)30-46(10)24-34(21-43(5,6)27-46)49-37(57)63-19-17-52-14-15-52/h32-35H,12-31H2,1-11H3,(H,48,56)(H,49,57)(H,50,58)/t33-,34+,35?,45-,46+,47?. The Bertz CT molecular complexity index is 1940. The molecule has 0 spiro atoms. The van der Waals surface area contributed by atoms with Crippen molar-refractivity contribution in [3.63, 3.8) is 0 Å². The molecule has 0 bridgehead atoms. The number of hydrogen-bond donors (Lipinski definition) is 3. The molecule has 3 amide bonds. The lowest BCUT2D eigenvalue weighted by Crippen LogP contribution is -2.60. The van der Waals surface area contributed by atoms with Gasteiger partial charge in [-0.3, -0.25) is 9.80 Å². The molecule has 2 unspecified atom stereocenters. The minimum absolute atomic E-state index is 0.0388. The lowest BCUT2D eigenvalue weighted by Gasteiger charge is -2.48. The summed E-state index contributed by atoms with van der Waals surface area (Å²) in [5, 5.41) is 9.21. The molecule has 17 nitrogen and oxygen atoms in total. The van der Waals surface area contributed by atoms with Crippen LogP contribution in [0.25, 0.3) is 0 Å². The summed E-state index contributed by atoms with van der Waals surface area (Å²) in [6.45, 7) is 28.7. The van der Waals surface area contributed by atoms with Gasteiger partial charge in [0.05, 0.1) is 6.10 Å². The molecule has 6 rings (SSSR count). The number of ether oxygens (including phenoxy) is 3. The molecular weight excluding hydrogens is 821 g/mol. The van der Waals surface area contributed by atoms with Crippen LogP contribution < -0.4 is 33.0 Å². The van der Waals surface area contributed by atoms with Gasteiger partial charge in [0.1, 0.15) is 13.2 Å². The summed E-state index contributed by atoms with van der Waals surface area (Å²) in [5.41, 5.74) is -4.59. The van der Waals surface area contributed by atoms with E-state index >= 15 is 0 Å². The van der Waals surface area contributed by atoms with Gasteiger partial charge in [0.15, 0.2) is 0 Å². The van der Waals surface area contributed by atoms with Crippen molar-refractivity contribution in [2.75, 3.05) is 52.5 Å². The molecule has 2 saturated heterocycles. The molecule has 6 atom stereocenters. The van der Waals surface area contributed by atoms with Crippen molar-refractivity contribution in [1.82, 2.24) is 39.5 Å². The van der Waals surface area contributed by atoms with Crippen molar-refractivity contribution in [3.05, 3.63) is 31.5 Å². The van der Waals surface area contributed by atoms with Gasteiger partial charge in [0.25, 0.3) is 0 Å². The van der Waals surface area contributed by atoms with Crippen LogP contribution in [0.1, 0.15) is 134 Å². The SMILES string of the molecule is CC(C)OC(=O)NC1CC(C)(C)CC(C)(Cn2c(=O)n(C[C@]3(C)C[C@H](NC(=O)OCCN4CC4)CC(C)(C)C3)c(=O)n(C[C@@]3(C)C[C@@H](NC(=O)OCCN4CC4)CC(C)(C)C3)c2=O)C1. The Morgan fingerprint density at radius 3 is 1.09 bits per heavy atom. The second kappa shape index (κ2) is 18.8. The number of carbonyl (C=O) groups excluding carboxylic acids is 3. The first kappa shape index (κ1) is 49.6. The van der Waals surface area contributed by atoms with E-state index in [1.807, 2.05) is 6.92 Å². The zero-order chi connectivity index (χ0) is 47.0. The molecule has 3 aliphatic carbocycles. The number of amides is 3. The summed E-state index contributed by atoms with van der Waals surface area (Å²) in [4.78, 5) is 88.1. The highest BCUT2D eigenvalue weighted by molar-refractivity contribution is 5.68. The Morgan fingerprint density at radius 1 is 0.516 bits per heavy atom. The van der Waals surface area contributed by atoms with Gasteiger partial charge in [-0.15, -0.1) is 0 Å². The van der Waals surface area contributed by atoms with Gasteiger partial charge in [0.2, 0.25) is 0 Å². The van der Waals surface area contributed by atoms with Crippen molar-refractivity contribution >= 4 is 18.3 Å². The molecule has 5 fully saturated rings. The molecule has 5 aliphatic rings. The summed E-state index contributed by atoms with van der Waals surface area (Å²) >= 11 is 0. The third-order valence-corrected chi connectivity index (χ3v) is 14.0.